The second-order valence-electron chi connectivity index (χ2n) is 9.45. The number of hydrogen-bond acceptors (Lipinski definition) is 3. The number of rotatable bonds is 5. The largest absolute Gasteiger partial charge is 0.488 e. The van der Waals surface area contributed by atoms with E-state index in [0.29, 0.717) is 18.9 Å². The van der Waals surface area contributed by atoms with Gasteiger partial charge in [-0.3, -0.25) is 0 Å². The van der Waals surface area contributed by atoms with E-state index in [2.05, 4.69) is 54.0 Å². The molecular formula is C30H26FN3O. The van der Waals surface area contributed by atoms with Gasteiger partial charge in [0.25, 0.3) is 0 Å². The van der Waals surface area contributed by atoms with Crippen molar-refractivity contribution >= 4 is 16.6 Å². The van der Waals surface area contributed by atoms with Crippen molar-refractivity contribution in [3.8, 4) is 11.8 Å². The summed E-state index contributed by atoms with van der Waals surface area (Å²) >= 11 is 0. The third kappa shape index (κ3) is 3.89. The molecule has 0 N–H and O–H groups in total. The zero-order valence-corrected chi connectivity index (χ0v) is 19.7. The summed E-state index contributed by atoms with van der Waals surface area (Å²) in [7, 11) is 0. The molecule has 1 aliphatic heterocycles. The molecule has 35 heavy (non-hydrogen) atoms. The summed E-state index contributed by atoms with van der Waals surface area (Å²) in [5, 5.41) is 10.1. The number of fused-ring (bicyclic) bond motifs is 3. The molecule has 0 atom stereocenters. The van der Waals surface area contributed by atoms with Crippen LogP contribution in [0, 0.1) is 23.1 Å². The summed E-state index contributed by atoms with van der Waals surface area (Å²) in [6.45, 7) is 3.21. The Morgan fingerprint density at radius 3 is 2.74 bits per heavy atom. The lowest BCUT2D eigenvalue weighted by Gasteiger charge is -2.15. The Bertz CT molecular complexity index is 1520. The Morgan fingerprint density at radius 2 is 1.94 bits per heavy atom. The third-order valence-corrected chi connectivity index (χ3v) is 6.96. The van der Waals surface area contributed by atoms with Crippen LogP contribution in [0.1, 0.15) is 54.3 Å². The fourth-order valence-corrected chi connectivity index (χ4v) is 5.14. The van der Waals surface area contributed by atoms with Gasteiger partial charge >= 0.3 is 0 Å². The van der Waals surface area contributed by atoms with E-state index < -0.39 is 0 Å². The highest BCUT2D eigenvalue weighted by molar-refractivity contribution is 5.89. The van der Waals surface area contributed by atoms with E-state index in [1.165, 1.54) is 12.1 Å². The maximum Gasteiger partial charge on any atom is 0.130 e. The van der Waals surface area contributed by atoms with Crippen molar-refractivity contribution in [2.45, 2.75) is 45.8 Å². The predicted octanol–water partition coefficient (Wildman–Crippen LogP) is 6.80. The van der Waals surface area contributed by atoms with Crippen molar-refractivity contribution in [2.24, 2.45) is 5.92 Å². The van der Waals surface area contributed by atoms with E-state index in [0.717, 1.165) is 75.9 Å². The average Bonchev–Trinajstić information content (AvgIpc) is 3.67. The molecule has 2 aliphatic rings. The van der Waals surface area contributed by atoms with Crippen LogP contribution in [0.15, 0.2) is 66.2 Å². The topological polar surface area (TPSA) is 50.8 Å². The highest BCUT2D eigenvalue weighted by Gasteiger charge is 2.32. The van der Waals surface area contributed by atoms with E-state index in [1.54, 1.807) is 6.07 Å². The number of hydrogen-bond donors (Lipinski definition) is 0. The van der Waals surface area contributed by atoms with Crippen molar-refractivity contribution in [3.05, 3.63) is 100 Å². The van der Waals surface area contributed by atoms with Crippen molar-refractivity contribution in [2.75, 3.05) is 0 Å². The molecule has 0 unspecified atom stereocenters. The van der Waals surface area contributed by atoms with Gasteiger partial charge in [-0.2, -0.15) is 5.26 Å². The van der Waals surface area contributed by atoms with Crippen LogP contribution >= 0.6 is 0 Å². The number of para-hydroxylation sites is 2. The Hall–Kier alpha value is -3.91. The number of allylic oxidation sites excluding steroid dienone is 1. The molecule has 2 heterocycles. The van der Waals surface area contributed by atoms with Gasteiger partial charge in [-0.25, -0.2) is 9.37 Å². The van der Waals surface area contributed by atoms with Gasteiger partial charge < -0.3 is 9.30 Å². The Kier molecular flexibility index (Phi) is 5.37. The summed E-state index contributed by atoms with van der Waals surface area (Å²) in [6, 6.07) is 21.8. The fourth-order valence-electron chi connectivity index (χ4n) is 5.14. The van der Waals surface area contributed by atoms with Crippen LogP contribution in [0.5, 0.6) is 5.75 Å². The second-order valence-corrected chi connectivity index (χ2v) is 9.45. The molecule has 1 saturated carbocycles. The average molecular weight is 464 g/mol. The monoisotopic (exact) mass is 463 g/mol. The maximum atomic E-state index is 14.1. The zero-order valence-electron chi connectivity index (χ0n) is 19.7. The van der Waals surface area contributed by atoms with Gasteiger partial charge in [0.05, 0.1) is 17.1 Å². The standard InChI is InChI=1S/C30H26FN3O/c1-2-5-29-33-26-6-3-4-7-27(26)34(29)17-19-8-12-23-21(14-19)18-35-28-15-22(31)11-13-24(28)30(23)25(16-32)20-9-10-20/h3-4,6-8,11-15,20H,2,5,9-10,17-18H2,1H3/b30-25-. The predicted molar refractivity (Wildman–Crippen MR) is 134 cm³/mol. The molecule has 0 radical (unpaired) electrons. The number of halogens is 1. The minimum Gasteiger partial charge on any atom is -0.488 e. The van der Waals surface area contributed by atoms with Crippen LogP contribution in [-0.4, -0.2) is 9.55 Å². The Morgan fingerprint density at radius 1 is 1.11 bits per heavy atom. The lowest BCUT2D eigenvalue weighted by atomic mass is 9.88. The quantitative estimate of drug-likeness (QED) is 0.306. The van der Waals surface area contributed by atoms with Gasteiger partial charge in [0, 0.05) is 35.7 Å². The third-order valence-electron chi connectivity index (χ3n) is 6.96. The Balaban J connectivity index is 1.46. The first kappa shape index (κ1) is 21.6. The Labute approximate surface area is 204 Å². The summed E-state index contributed by atoms with van der Waals surface area (Å²) in [4.78, 5) is 4.87. The van der Waals surface area contributed by atoms with Crippen LogP contribution in [0.25, 0.3) is 16.6 Å². The molecule has 0 amide bonds. The van der Waals surface area contributed by atoms with Gasteiger partial charge in [0.1, 0.15) is 24.0 Å². The number of nitriles is 1. The lowest BCUT2D eigenvalue weighted by Crippen LogP contribution is -2.07. The van der Waals surface area contributed by atoms with Gasteiger partial charge in [-0.1, -0.05) is 31.2 Å². The van der Waals surface area contributed by atoms with Crippen molar-refractivity contribution in [1.29, 1.82) is 5.26 Å². The van der Waals surface area contributed by atoms with E-state index in [1.807, 2.05) is 6.07 Å². The molecule has 0 saturated heterocycles. The highest BCUT2D eigenvalue weighted by atomic mass is 19.1. The minimum absolute atomic E-state index is 0.271. The number of aromatic nitrogens is 2. The molecule has 1 aromatic heterocycles. The minimum atomic E-state index is -0.338. The molecule has 3 aromatic carbocycles. The van der Waals surface area contributed by atoms with E-state index in [-0.39, 0.29) is 11.7 Å². The fraction of sp³-hybridized carbons (Fsp3) is 0.267. The second kappa shape index (κ2) is 8.70. The number of ether oxygens (including phenoxy) is 1. The summed E-state index contributed by atoms with van der Waals surface area (Å²) in [5.41, 5.74) is 7.79. The van der Waals surface area contributed by atoms with E-state index >= 15 is 0 Å². The van der Waals surface area contributed by atoms with Gasteiger partial charge in [0.15, 0.2) is 0 Å². The number of benzene rings is 3. The molecule has 4 aromatic rings. The van der Waals surface area contributed by atoms with Crippen LogP contribution in [-0.2, 0) is 19.6 Å². The molecule has 1 aliphatic carbocycles. The highest BCUT2D eigenvalue weighted by Crippen LogP contribution is 2.46. The SMILES string of the molecule is CCCc1nc2ccccc2n1Cc1ccc2c(c1)COc1cc(F)ccc1/C2=C(/C#N)C1CC1. The number of aryl methyl sites for hydroxylation is 1. The first-order valence-corrected chi connectivity index (χ1v) is 12.3. The zero-order chi connectivity index (χ0) is 23.9. The molecule has 1 fully saturated rings. The van der Waals surface area contributed by atoms with Gasteiger partial charge in [-0.05, 0) is 72.2 Å². The number of imidazole rings is 1. The van der Waals surface area contributed by atoms with Gasteiger partial charge in [-0.15, -0.1) is 0 Å². The normalized spacial score (nSPS) is 16.1. The van der Waals surface area contributed by atoms with Crippen LogP contribution in [0.2, 0.25) is 0 Å². The van der Waals surface area contributed by atoms with Crippen LogP contribution < -0.4 is 4.74 Å². The molecule has 5 heteroatoms. The van der Waals surface area contributed by atoms with Crippen molar-refractivity contribution < 1.29 is 9.13 Å². The first-order valence-electron chi connectivity index (χ1n) is 12.3. The lowest BCUT2D eigenvalue weighted by molar-refractivity contribution is 0.305. The first-order chi connectivity index (χ1) is 17.2. The number of nitrogens with zero attached hydrogens (tertiary/aromatic N) is 3. The summed E-state index contributed by atoms with van der Waals surface area (Å²) in [5.74, 6) is 1.52. The van der Waals surface area contributed by atoms with Crippen LogP contribution in [0.4, 0.5) is 4.39 Å². The van der Waals surface area contributed by atoms with Crippen LogP contribution in [0.3, 0.4) is 0 Å². The molecule has 4 nitrogen and oxygen atoms in total. The van der Waals surface area contributed by atoms with E-state index in [9.17, 15) is 9.65 Å². The summed E-state index contributed by atoms with van der Waals surface area (Å²) in [6.07, 6.45) is 3.99. The molecule has 0 spiro atoms. The molecule has 174 valence electrons. The summed E-state index contributed by atoms with van der Waals surface area (Å²) < 4.78 is 22.5. The molecule has 0 bridgehead atoms. The van der Waals surface area contributed by atoms with Crippen molar-refractivity contribution in [1.82, 2.24) is 9.55 Å². The maximum absolute atomic E-state index is 14.1. The van der Waals surface area contributed by atoms with E-state index in [4.69, 9.17) is 9.72 Å². The smallest absolute Gasteiger partial charge is 0.130 e. The molecular weight excluding hydrogens is 437 g/mol. The molecule has 6 rings (SSSR count). The van der Waals surface area contributed by atoms with Crippen molar-refractivity contribution in [3.63, 3.8) is 0 Å². The van der Waals surface area contributed by atoms with Gasteiger partial charge in [0.2, 0.25) is 0 Å².